The third-order valence-corrected chi connectivity index (χ3v) is 4.81. The zero-order chi connectivity index (χ0) is 13.5. The maximum absolute atomic E-state index is 12.6. The molecule has 4 nitrogen and oxygen atoms in total. The number of amides is 1. The van der Waals surface area contributed by atoms with Gasteiger partial charge in [-0.15, -0.1) is 0 Å². The Morgan fingerprint density at radius 2 is 1.65 bits per heavy atom. The summed E-state index contributed by atoms with van der Waals surface area (Å²) in [6.45, 7) is 1.69. The number of likely N-dealkylation sites (tertiary alicyclic amines) is 1. The molecule has 0 spiro atoms. The van der Waals surface area contributed by atoms with E-state index in [0.717, 1.165) is 62.9 Å². The Morgan fingerprint density at radius 1 is 0.950 bits per heavy atom. The number of aryl methyl sites for hydroxylation is 1. The maximum Gasteiger partial charge on any atom is 0.276 e. The Kier molecular flexibility index (Phi) is 2.90. The Balaban J connectivity index is 1.50. The molecule has 106 valence electrons. The Morgan fingerprint density at radius 3 is 2.40 bits per heavy atom. The number of hydrogen-bond donors (Lipinski definition) is 0. The van der Waals surface area contributed by atoms with Gasteiger partial charge in [-0.25, -0.2) is 0 Å². The van der Waals surface area contributed by atoms with Crippen molar-refractivity contribution in [1.29, 1.82) is 0 Å². The van der Waals surface area contributed by atoms with Crippen LogP contribution in [0.15, 0.2) is 15.7 Å². The van der Waals surface area contributed by atoms with Gasteiger partial charge in [0.2, 0.25) is 0 Å². The molecule has 3 aliphatic rings. The largest absolute Gasteiger partial charge is 0.360 e. The number of piperidine rings is 1. The van der Waals surface area contributed by atoms with Gasteiger partial charge >= 0.3 is 0 Å². The van der Waals surface area contributed by atoms with Crippen molar-refractivity contribution in [2.45, 2.75) is 51.4 Å². The highest BCUT2D eigenvalue weighted by Crippen LogP contribution is 2.36. The van der Waals surface area contributed by atoms with Gasteiger partial charge in [0.15, 0.2) is 5.69 Å². The lowest BCUT2D eigenvalue weighted by molar-refractivity contribution is 0.0732. The first-order chi connectivity index (χ1) is 9.83. The number of carbonyl (C=O) groups is 1. The van der Waals surface area contributed by atoms with E-state index in [1.165, 1.54) is 12.8 Å². The number of rotatable bonds is 1. The van der Waals surface area contributed by atoms with Gasteiger partial charge in [-0.3, -0.25) is 4.79 Å². The number of aromatic nitrogens is 1. The molecular formula is C16H20N2O2. The molecule has 0 unspecified atom stereocenters. The first kappa shape index (κ1) is 12.2. The molecule has 2 fully saturated rings. The van der Waals surface area contributed by atoms with Gasteiger partial charge in [0.05, 0.1) is 0 Å². The predicted molar refractivity (Wildman–Crippen MR) is 74.5 cm³/mol. The molecule has 1 aromatic heterocycles. The quantitative estimate of drug-likeness (QED) is 0.738. The summed E-state index contributed by atoms with van der Waals surface area (Å²) in [6.07, 6.45) is 8.87. The van der Waals surface area contributed by atoms with Gasteiger partial charge in [-0.05, 0) is 44.9 Å². The molecule has 1 saturated carbocycles. The van der Waals surface area contributed by atoms with E-state index in [0.29, 0.717) is 5.69 Å². The molecule has 0 radical (unpaired) electrons. The van der Waals surface area contributed by atoms with E-state index in [2.05, 4.69) is 5.16 Å². The van der Waals surface area contributed by atoms with Gasteiger partial charge < -0.3 is 9.42 Å². The Labute approximate surface area is 118 Å². The van der Waals surface area contributed by atoms with Gasteiger partial charge in [0.1, 0.15) is 5.76 Å². The summed E-state index contributed by atoms with van der Waals surface area (Å²) in [5, 5.41) is 4.06. The third-order valence-electron chi connectivity index (χ3n) is 4.81. The summed E-state index contributed by atoms with van der Waals surface area (Å²) in [6, 6.07) is 0. The highest BCUT2D eigenvalue weighted by atomic mass is 16.5. The van der Waals surface area contributed by atoms with Crippen LogP contribution in [0.4, 0.5) is 0 Å². The van der Waals surface area contributed by atoms with E-state index in [9.17, 15) is 4.79 Å². The smallest absolute Gasteiger partial charge is 0.276 e. The highest BCUT2D eigenvalue weighted by molar-refractivity contribution is 5.94. The average molecular weight is 272 g/mol. The van der Waals surface area contributed by atoms with E-state index < -0.39 is 0 Å². The normalized spacial score (nSPS) is 21.9. The molecule has 1 aromatic rings. The number of carbonyl (C=O) groups excluding carboxylic acids is 1. The third kappa shape index (κ3) is 2.07. The Bertz CT molecular complexity index is 569. The van der Waals surface area contributed by atoms with Crippen LogP contribution in [0.1, 0.15) is 60.3 Å². The molecule has 2 aliphatic carbocycles. The fourth-order valence-corrected chi connectivity index (χ4v) is 3.45. The second kappa shape index (κ2) is 4.76. The topological polar surface area (TPSA) is 46.3 Å². The zero-order valence-corrected chi connectivity index (χ0v) is 11.8. The van der Waals surface area contributed by atoms with E-state index in [-0.39, 0.29) is 5.91 Å². The van der Waals surface area contributed by atoms with Gasteiger partial charge in [0.25, 0.3) is 5.91 Å². The van der Waals surface area contributed by atoms with Crippen LogP contribution in [-0.2, 0) is 12.8 Å². The van der Waals surface area contributed by atoms with Gasteiger partial charge in [-0.1, -0.05) is 16.3 Å². The molecule has 1 saturated heterocycles. The molecular weight excluding hydrogens is 252 g/mol. The fraction of sp³-hybridized carbons (Fsp3) is 0.625. The standard InChI is InChI=1S/C16H20N2O2/c19-16(15-13-3-1-2-4-14(13)20-17-15)18-9-7-12(8-10-18)11-5-6-11/h1-10H2. The van der Waals surface area contributed by atoms with Crippen molar-refractivity contribution < 1.29 is 9.32 Å². The van der Waals surface area contributed by atoms with Crippen molar-refractivity contribution in [3.05, 3.63) is 28.2 Å². The van der Waals surface area contributed by atoms with Crippen LogP contribution >= 0.6 is 0 Å². The monoisotopic (exact) mass is 272 g/mol. The van der Waals surface area contributed by atoms with Crippen LogP contribution in [0, 0.1) is 0 Å². The number of nitrogens with zero attached hydrogens (tertiary/aromatic N) is 2. The SMILES string of the molecule is O=C(c1noc2c1CCCC2)N1CCC(=C2CC2)CC1. The van der Waals surface area contributed by atoms with Crippen molar-refractivity contribution in [2.24, 2.45) is 0 Å². The van der Waals surface area contributed by atoms with E-state index in [1.807, 2.05) is 4.90 Å². The van der Waals surface area contributed by atoms with Gasteiger partial charge in [-0.2, -0.15) is 0 Å². The van der Waals surface area contributed by atoms with Crippen LogP contribution in [-0.4, -0.2) is 29.1 Å². The summed E-state index contributed by atoms with van der Waals surface area (Å²) in [7, 11) is 0. The molecule has 20 heavy (non-hydrogen) atoms. The molecule has 0 N–H and O–H groups in total. The lowest BCUT2D eigenvalue weighted by atomic mass is 9.95. The molecule has 4 heteroatoms. The molecule has 2 heterocycles. The molecule has 0 atom stereocenters. The van der Waals surface area contributed by atoms with Gasteiger partial charge in [0, 0.05) is 25.1 Å². The predicted octanol–water partition coefficient (Wildman–Crippen LogP) is 2.88. The van der Waals surface area contributed by atoms with Crippen LogP contribution in [0.5, 0.6) is 0 Å². The Hall–Kier alpha value is -1.58. The first-order valence-corrected chi connectivity index (χ1v) is 7.79. The summed E-state index contributed by atoms with van der Waals surface area (Å²) >= 11 is 0. The van der Waals surface area contributed by atoms with Crippen molar-refractivity contribution in [3.8, 4) is 0 Å². The molecule has 0 bridgehead atoms. The molecule has 4 rings (SSSR count). The summed E-state index contributed by atoms with van der Waals surface area (Å²) in [4.78, 5) is 14.6. The summed E-state index contributed by atoms with van der Waals surface area (Å²) in [5.74, 6) is 1.02. The van der Waals surface area contributed by atoms with E-state index in [1.54, 1.807) is 11.1 Å². The zero-order valence-electron chi connectivity index (χ0n) is 11.8. The molecule has 1 amide bonds. The van der Waals surface area contributed by atoms with Crippen molar-refractivity contribution in [3.63, 3.8) is 0 Å². The van der Waals surface area contributed by atoms with Crippen molar-refractivity contribution >= 4 is 5.91 Å². The van der Waals surface area contributed by atoms with Crippen LogP contribution in [0.2, 0.25) is 0 Å². The molecule has 0 aromatic carbocycles. The maximum atomic E-state index is 12.6. The second-order valence-electron chi connectivity index (χ2n) is 6.14. The first-order valence-electron chi connectivity index (χ1n) is 7.79. The number of hydrogen-bond acceptors (Lipinski definition) is 3. The number of allylic oxidation sites excluding steroid dienone is 1. The van der Waals surface area contributed by atoms with E-state index in [4.69, 9.17) is 4.52 Å². The number of fused-ring (bicyclic) bond motifs is 1. The van der Waals surface area contributed by atoms with Crippen molar-refractivity contribution in [2.75, 3.05) is 13.1 Å². The average Bonchev–Trinajstić information content (AvgIpc) is 3.26. The fourth-order valence-electron chi connectivity index (χ4n) is 3.45. The minimum absolute atomic E-state index is 0.0803. The highest BCUT2D eigenvalue weighted by Gasteiger charge is 2.30. The lowest BCUT2D eigenvalue weighted by Gasteiger charge is -2.28. The summed E-state index contributed by atoms with van der Waals surface area (Å²) in [5.41, 5.74) is 4.92. The van der Waals surface area contributed by atoms with Crippen LogP contribution in [0.3, 0.4) is 0 Å². The molecule has 1 aliphatic heterocycles. The van der Waals surface area contributed by atoms with Crippen LogP contribution < -0.4 is 0 Å². The van der Waals surface area contributed by atoms with Crippen LogP contribution in [0.25, 0.3) is 0 Å². The summed E-state index contributed by atoms with van der Waals surface area (Å²) < 4.78 is 5.36. The van der Waals surface area contributed by atoms with Crippen molar-refractivity contribution in [1.82, 2.24) is 10.1 Å². The minimum atomic E-state index is 0.0803. The van der Waals surface area contributed by atoms with E-state index >= 15 is 0 Å². The minimum Gasteiger partial charge on any atom is -0.360 e. The second-order valence-corrected chi connectivity index (χ2v) is 6.14. The lowest BCUT2D eigenvalue weighted by Crippen LogP contribution is -2.37.